The number of benzene rings is 1. The molecule has 0 spiro atoms. The monoisotopic (exact) mass is 294 g/mol. The Hall–Kier alpha value is -2.08. The maximum absolute atomic E-state index is 11.9. The average molecular weight is 294 g/mol. The van der Waals surface area contributed by atoms with Gasteiger partial charge in [-0.25, -0.2) is 0 Å². The molecule has 0 aromatic heterocycles. The predicted octanol–water partition coefficient (Wildman–Crippen LogP) is 0.879. The molecule has 0 heterocycles. The Morgan fingerprint density at radius 3 is 2.43 bits per heavy atom. The molecule has 6 heteroatoms. The van der Waals surface area contributed by atoms with E-state index in [1.165, 1.54) is 0 Å². The zero-order valence-corrected chi connectivity index (χ0v) is 12.1. The highest BCUT2D eigenvalue weighted by atomic mass is 16.4. The van der Waals surface area contributed by atoms with Gasteiger partial charge in [0.25, 0.3) is 0 Å². The number of aliphatic carboxylic acids is 1. The quantitative estimate of drug-likeness (QED) is 0.568. The SMILES string of the molecule is CCC(CNC(=O)[C@H](N)Cc1ccc(O)cc1)CC(=O)O. The van der Waals surface area contributed by atoms with Gasteiger partial charge in [-0.2, -0.15) is 0 Å². The molecule has 0 fully saturated rings. The van der Waals surface area contributed by atoms with Gasteiger partial charge in [0.1, 0.15) is 5.75 Å². The van der Waals surface area contributed by atoms with Crippen molar-refractivity contribution < 1.29 is 19.8 Å². The average Bonchev–Trinajstić information content (AvgIpc) is 2.45. The Balaban J connectivity index is 2.43. The summed E-state index contributed by atoms with van der Waals surface area (Å²) in [6, 6.07) is 5.81. The molecular weight excluding hydrogens is 272 g/mol. The summed E-state index contributed by atoms with van der Waals surface area (Å²) in [4.78, 5) is 22.5. The number of carboxylic acids is 1. The fourth-order valence-electron chi connectivity index (χ4n) is 1.96. The highest BCUT2D eigenvalue weighted by Crippen LogP contribution is 2.11. The van der Waals surface area contributed by atoms with Crippen molar-refractivity contribution in [1.82, 2.24) is 5.32 Å². The van der Waals surface area contributed by atoms with Crippen LogP contribution < -0.4 is 11.1 Å². The molecule has 0 radical (unpaired) electrons. The van der Waals surface area contributed by atoms with E-state index >= 15 is 0 Å². The van der Waals surface area contributed by atoms with E-state index in [9.17, 15) is 14.7 Å². The van der Waals surface area contributed by atoms with Gasteiger partial charge in [0.15, 0.2) is 0 Å². The van der Waals surface area contributed by atoms with Gasteiger partial charge in [-0.1, -0.05) is 25.5 Å². The van der Waals surface area contributed by atoms with Crippen LogP contribution in [0, 0.1) is 5.92 Å². The van der Waals surface area contributed by atoms with Crippen molar-refractivity contribution in [3.63, 3.8) is 0 Å². The van der Waals surface area contributed by atoms with Crippen LogP contribution in [0.2, 0.25) is 0 Å². The number of nitrogens with one attached hydrogen (secondary N) is 1. The lowest BCUT2D eigenvalue weighted by molar-refractivity contribution is -0.138. The normalized spacial score (nSPS) is 13.4. The number of amides is 1. The fraction of sp³-hybridized carbons (Fsp3) is 0.467. The first kappa shape index (κ1) is 17.0. The minimum atomic E-state index is -0.871. The van der Waals surface area contributed by atoms with Crippen LogP contribution in [0.5, 0.6) is 5.75 Å². The van der Waals surface area contributed by atoms with Crippen LogP contribution in [-0.2, 0) is 16.0 Å². The van der Waals surface area contributed by atoms with Crippen LogP contribution in [0.15, 0.2) is 24.3 Å². The fourth-order valence-corrected chi connectivity index (χ4v) is 1.96. The molecule has 1 aromatic carbocycles. The summed E-state index contributed by atoms with van der Waals surface area (Å²) in [5, 5.41) is 20.6. The van der Waals surface area contributed by atoms with E-state index in [0.717, 1.165) is 5.56 Å². The molecular formula is C15H22N2O4. The third-order valence-corrected chi connectivity index (χ3v) is 3.33. The summed E-state index contributed by atoms with van der Waals surface area (Å²) in [5.74, 6) is -1.10. The van der Waals surface area contributed by atoms with Crippen molar-refractivity contribution in [2.75, 3.05) is 6.54 Å². The first-order valence-electron chi connectivity index (χ1n) is 6.95. The highest BCUT2D eigenvalue weighted by Gasteiger charge is 2.17. The van der Waals surface area contributed by atoms with Gasteiger partial charge in [-0.15, -0.1) is 0 Å². The number of carbonyl (C=O) groups excluding carboxylic acids is 1. The molecule has 0 bridgehead atoms. The van der Waals surface area contributed by atoms with Gasteiger partial charge >= 0.3 is 5.97 Å². The van der Waals surface area contributed by atoms with E-state index in [2.05, 4.69) is 5.32 Å². The number of rotatable bonds is 8. The van der Waals surface area contributed by atoms with Crippen LogP contribution in [0.3, 0.4) is 0 Å². The number of hydrogen-bond donors (Lipinski definition) is 4. The number of carbonyl (C=O) groups is 2. The Kier molecular flexibility index (Phi) is 6.68. The van der Waals surface area contributed by atoms with E-state index in [1.54, 1.807) is 24.3 Å². The van der Waals surface area contributed by atoms with E-state index in [0.29, 0.717) is 19.4 Å². The predicted molar refractivity (Wildman–Crippen MR) is 78.8 cm³/mol. The topological polar surface area (TPSA) is 113 Å². The lowest BCUT2D eigenvalue weighted by Gasteiger charge is -2.16. The number of phenols is 1. The second-order valence-electron chi connectivity index (χ2n) is 5.09. The summed E-state index contributed by atoms with van der Waals surface area (Å²) in [6.45, 7) is 2.20. The van der Waals surface area contributed by atoms with Crippen molar-refractivity contribution in [2.45, 2.75) is 32.2 Å². The Morgan fingerprint density at radius 1 is 1.29 bits per heavy atom. The molecule has 1 aromatic rings. The van der Waals surface area contributed by atoms with Gasteiger partial charge in [-0.3, -0.25) is 9.59 Å². The van der Waals surface area contributed by atoms with Crippen molar-refractivity contribution in [1.29, 1.82) is 0 Å². The standard InChI is InChI=1S/C15H22N2O4/c1-2-10(8-14(19)20)9-17-15(21)13(16)7-11-3-5-12(18)6-4-11/h3-6,10,13,18H,2,7-9,16H2,1H3,(H,17,21)(H,19,20)/t10?,13-/m1/s1. The maximum Gasteiger partial charge on any atom is 0.303 e. The number of aromatic hydroxyl groups is 1. The van der Waals surface area contributed by atoms with Gasteiger partial charge in [0, 0.05) is 13.0 Å². The van der Waals surface area contributed by atoms with E-state index in [1.807, 2.05) is 6.92 Å². The van der Waals surface area contributed by atoms with Crippen molar-refractivity contribution in [3.8, 4) is 5.75 Å². The first-order valence-corrected chi connectivity index (χ1v) is 6.95. The largest absolute Gasteiger partial charge is 0.508 e. The first-order chi connectivity index (χ1) is 9.92. The zero-order valence-electron chi connectivity index (χ0n) is 12.1. The molecule has 0 aliphatic heterocycles. The summed E-state index contributed by atoms with van der Waals surface area (Å²) in [7, 11) is 0. The van der Waals surface area contributed by atoms with E-state index < -0.39 is 12.0 Å². The zero-order chi connectivity index (χ0) is 15.8. The third kappa shape index (κ3) is 6.27. The summed E-state index contributed by atoms with van der Waals surface area (Å²) in [5.41, 5.74) is 6.68. The molecule has 0 aliphatic carbocycles. The van der Waals surface area contributed by atoms with Gasteiger partial charge in [-0.05, 0) is 30.0 Å². The number of carboxylic acid groups (broad SMARTS) is 1. The summed E-state index contributed by atoms with van der Waals surface area (Å²) >= 11 is 0. The van der Waals surface area contributed by atoms with Crippen molar-refractivity contribution in [3.05, 3.63) is 29.8 Å². The summed E-state index contributed by atoms with van der Waals surface area (Å²) in [6.07, 6.45) is 1.07. The second-order valence-corrected chi connectivity index (χ2v) is 5.09. The lowest BCUT2D eigenvalue weighted by atomic mass is 10.0. The molecule has 2 atom stereocenters. The van der Waals surface area contributed by atoms with Gasteiger partial charge in [0.05, 0.1) is 6.04 Å². The number of phenolic OH excluding ortho intramolecular Hbond substituents is 1. The summed E-state index contributed by atoms with van der Waals surface area (Å²) < 4.78 is 0. The molecule has 0 saturated heterocycles. The molecule has 21 heavy (non-hydrogen) atoms. The highest BCUT2D eigenvalue weighted by molar-refractivity contribution is 5.81. The molecule has 0 aliphatic rings. The number of hydrogen-bond acceptors (Lipinski definition) is 4. The van der Waals surface area contributed by atoms with Crippen LogP contribution in [0.4, 0.5) is 0 Å². The lowest BCUT2D eigenvalue weighted by Crippen LogP contribution is -2.43. The molecule has 116 valence electrons. The molecule has 0 saturated carbocycles. The molecule has 1 amide bonds. The smallest absolute Gasteiger partial charge is 0.303 e. The maximum atomic E-state index is 11.9. The van der Waals surface area contributed by atoms with E-state index in [-0.39, 0.29) is 24.0 Å². The van der Waals surface area contributed by atoms with Crippen molar-refractivity contribution in [2.24, 2.45) is 11.7 Å². The second kappa shape index (κ2) is 8.26. The van der Waals surface area contributed by atoms with E-state index in [4.69, 9.17) is 10.8 Å². The molecule has 6 nitrogen and oxygen atoms in total. The molecule has 1 unspecified atom stereocenters. The van der Waals surface area contributed by atoms with Crippen molar-refractivity contribution >= 4 is 11.9 Å². The number of nitrogens with two attached hydrogens (primary N) is 1. The van der Waals surface area contributed by atoms with Crippen LogP contribution in [-0.4, -0.2) is 34.7 Å². The molecule has 1 rings (SSSR count). The Bertz CT molecular complexity index is 473. The van der Waals surface area contributed by atoms with Gasteiger partial charge < -0.3 is 21.3 Å². The van der Waals surface area contributed by atoms with Gasteiger partial charge in [0.2, 0.25) is 5.91 Å². The van der Waals surface area contributed by atoms with Crippen LogP contribution in [0.1, 0.15) is 25.3 Å². The Labute approximate surface area is 124 Å². The van der Waals surface area contributed by atoms with Crippen LogP contribution in [0.25, 0.3) is 0 Å². The third-order valence-electron chi connectivity index (χ3n) is 3.33. The minimum Gasteiger partial charge on any atom is -0.508 e. The van der Waals surface area contributed by atoms with Crippen LogP contribution >= 0.6 is 0 Å². The minimum absolute atomic E-state index is 0.0317. The Morgan fingerprint density at radius 2 is 1.90 bits per heavy atom. The molecule has 5 N–H and O–H groups in total.